The lowest BCUT2D eigenvalue weighted by molar-refractivity contribution is 0.0746. The molecule has 9 heteroatoms. The van der Waals surface area contributed by atoms with Crippen LogP contribution in [0.1, 0.15) is 16.1 Å². The molecule has 2 aliphatic rings. The topological polar surface area (TPSA) is 61.8 Å². The van der Waals surface area contributed by atoms with Crippen molar-refractivity contribution < 1.29 is 18.3 Å². The summed E-state index contributed by atoms with van der Waals surface area (Å²) < 4.78 is 31.9. The number of benzene rings is 1. The summed E-state index contributed by atoms with van der Waals surface area (Å²) in [6.07, 6.45) is 0. The highest BCUT2D eigenvalue weighted by Crippen LogP contribution is 2.20. The minimum absolute atomic E-state index is 0.157. The molecule has 0 radical (unpaired) electrons. The van der Waals surface area contributed by atoms with E-state index in [9.17, 15) is 13.6 Å². The second kappa shape index (κ2) is 8.28. The number of amides is 1. The van der Waals surface area contributed by atoms with Gasteiger partial charge in [0, 0.05) is 56.6 Å². The van der Waals surface area contributed by atoms with Crippen molar-refractivity contribution in [3.63, 3.8) is 0 Å². The Morgan fingerprint density at radius 1 is 0.931 bits per heavy atom. The maximum absolute atomic E-state index is 13.4. The molecule has 29 heavy (non-hydrogen) atoms. The van der Waals surface area contributed by atoms with Gasteiger partial charge in [-0.1, -0.05) is 0 Å². The van der Waals surface area contributed by atoms with Gasteiger partial charge in [0.25, 0.3) is 5.91 Å². The number of morpholine rings is 1. The Bertz CT molecular complexity index is 896. The third kappa shape index (κ3) is 4.29. The van der Waals surface area contributed by atoms with E-state index in [0.29, 0.717) is 45.3 Å². The van der Waals surface area contributed by atoms with Crippen LogP contribution in [0, 0.1) is 18.6 Å². The molecule has 2 fully saturated rings. The van der Waals surface area contributed by atoms with E-state index in [0.717, 1.165) is 36.7 Å². The third-order valence-electron chi connectivity index (χ3n) is 5.18. The molecule has 154 valence electrons. The first-order valence-electron chi connectivity index (χ1n) is 9.69. The molecule has 0 bridgehead atoms. The van der Waals surface area contributed by atoms with Crippen LogP contribution in [0.15, 0.2) is 24.3 Å². The lowest BCUT2D eigenvalue weighted by Crippen LogP contribution is -2.49. The van der Waals surface area contributed by atoms with Crippen molar-refractivity contribution in [3.05, 3.63) is 47.2 Å². The van der Waals surface area contributed by atoms with Crippen molar-refractivity contribution in [2.75, 3.05) is 62.3 Å². The van der Waals surface area contributed by atoms with Gasteiger partial charge in [-0.15, -0.1) is 0 Å². The summed E-state index contributed by atoms with van der Waals surface area (Å²) in [5.41, 5.74) is 1.04. The number of aryl methyl sites for hydroxylation is 1. The van der Waals surface area contributed by atoms with E-state index in [-0.39, 0.29) is 11.5 Å². The average molecular weight is 403 g/mol. The number of piperazine rings is 1. The lowest BCUT2D eigenvalue weighted by atomic mass is 10.1. The highest BCUT2D eigenvalue weighted by molar-refractivity contribution is 5.94. The zero-order chi connectivity index (χ0) is 20.4. The van der Waals surface area contributed by atoms with Crippen LogP contribution >= 0.6 is 0 Å². The molecule has 2 aliphatic heterocycles. The summed E-state index contributed by atoms with van der Waals surface area (Å²) in [6, 6.07) is 5.19. The van der Waals surface area contributed by atoms with Crippen molar-refractivity contribution in [1.82, 2.24) is 14.9 Å². The van der Waals surface area contributed by atoms with Crippen LogP contribution in [0.2, 0.25) is 0 Å². The van der Waals surface area contributed by atoms with E-state index in [1.54, 1.807) is 4.90 Å². The first-order chi connectivity index (χ1) is 14.0. The van der Waals surface area contributed by atoms with Gasteiger partial charge in [0.1, 0.15) is 5.82 Å². The molecule has 3 heterocycles. The van der Waals surface area contributed by atoms with Crippen LogP contribution in [0.25, 0.3) is 0 Å². The molecule has 0 aliphatic carbocycles. The van der Waals surface area contributed by atoms with E-state index in [4.69, 9.17) is 9.72 Å². The van der Waals surface area contributed by atoms with E-state index in [1.165, 1.54) is 6.07 Å². The minimum atomic E-state index is -1.01. The molecular formula is C20H23F2N5O2. The maximum Gasteiger partial charge on any atom is 0.254 e. The van der Waals surface area contributed by atoms with Crippen LogP contribution in [-0.2, 0) is 4.74 Å². The molecule has 4 rings (SSSR count). The highest BCUT2D eigenvalue weighted by atomic mass is 19.2. The van der Waals surface area contributed by atoms with Gasteiger partial charge in [-0.2, -0.15) is 4.98 Å². The van der Waals surface area contributed by atoms with Gasteiger partial charge in [-0.25, -0.2) is 13.8 Å². The van der Waals surface area contributed by atoms with Gasteiger partial charge in [0.05, 0.1) is 13.2 Å². The number of carbonyl (C=O) groups is 1. The first kappa shape index (κ1) is 19.5. The Labute approximate surface area is 167 Å². The number of halogens is 2. The van der Waals surface area contributed by atoms with Gasteiger partial charge < -0.3 is 19.4 Å². The van der Waals surface area contributed by atoms with E-state index < -0.39 is 11.6 Å². The number of hydrogen-bond acceptors (Lipinski definition) is 6. The third-order valence-corrected chi connectivity index (χ3v) is 5.18. The number of rotatable bonds is 3. The molecule has 1 aromatic heterocycles. The quantitative estimate of drug-likeness (QED) is 0.780. The summed E-state index contributed by atoms with van der Waals surface area (Å²) in [4.78, 5) is 27.8. The standard InChI is InChI=1S/C20H23F2N5O2/c1-14-12-18(24-20(23-14)27-8-10-29-11-9-27)25-4-6-26(7-5-25)19(28)15-2-3-16(21)17(22)13-15/h2-3,12-13H,4-11H2,1H3. The van der Waals surface area contributed by atoms with Gasteiger partial charge in [-0.3, -0.25) is 4.79 Å². The lowest BCUT2D eigenvalue weighted by Gasteiger charge is -2.36. The molecule has 0 spiro atoms. The number of aromatic nitrogens is 2. The van der Waals surface area contributed by atoms with Gasteiger partial charge >= 0.3 is 0 Å². The van der Waals surface area contributed by atoms with Crippen LogP contribution in [0.3, 0.4) is 0 Å². The van der Waals surface area contributed by atoms with Crippen LogP contribution in [0.5, 0.6) is 0 Å². The Morgan fingerprint density at radius 2 is 1.66 bits per heavy atom. The van der Waals surface area contributed by atoms with Crippen LogP contribution in [0.4, 0.5) is 20.5 Å². The normalized spacial score (nSPS) is 17.6. The Kier molecular flexibility index (Phi) is 5.57. The van der Waals surface area contributed by atoms with Crippen molar-refractivity contribution in [2.24, 2.45) is 0 Å². The Balaban J connectivity index is 1.43. The Hall–Kier alpha value is -2.81. The monoisotopic (exact) mass is 403 g/mol. The predicted molar refractivity (Wildman–Crippen MR) is 104 cm³/mol. The first-order valence-corrected chi connectivity index (χ1v) is 9.69. The SMILES string of the molecule is Cc1cc(N2CCN(C(=O)c3ccc(F)c(F)c3)CC2)nc(N2CCOCC2)n1. The molecule has 0 saturated carbocycles. The summed E-state index contributed by atoms with van der Waals surface area (Å²) in [6.45, 7) is 6.97. The number of carbonyl (C=O) groups excluding carboxylic acids is 1. The smallest absolute Gasteiger partial charge is 0.254 e. The minimum Gasteiger partial charge on any atom is -0.378 e. The fraction of sp³-hybridized carbons (Fsp3) is 0.450. The van der Waals surface area contributed by atoms with E-state index in [1.807, 2.05) is 13.0 Å². The summed E-state index contributed by atoms with van der Waals surface area (Å²) in [5.74, 6) is -0.734. The summed E-state index contributed by atoms with van der Waals surface area (Å²) in [5, 5.41) is 0. The molecule has 1 amide bonds. The van der Waals surface area contributed by atoms with Crippen molar-refractivity contribution >= 4 is 17.7 Å². The molecule has 1 aromatic carbocycles. The van der Waals surface area contributed by atoms with E-state index >= 15 is 0 Å². The number of nitrogens with zero attached hydrogens (tertiary/aromatic N) is 5. The van der Waals surface area contributed by atoms with Gasteiger partial charge in [0.2, 0.25) is 5.95 Å². The van der Waals surface area contributed by atoms with Gasteiger partial charge in [-0.05, 0) is 25.1 Å². The van der Waals surface area contributed by atoms with Crippen molar-refractivity contribution in [1.29, 1.82) is 0 Å². The fourth-order valence-corrected chi connectivity index (χ4v) is 3.55. The van der Waals surface area contributed by atoms with Crippen LogP contribution < -0.4 is 9.80 Å². The number of hydrogen-bond donors (Lipinski definition) is 0. The van der Waals surface area contributed by atoms with E-state index in [2.05, 4.69) is 14.8 Å². The highest BCUT2D eigenvalue weighted by Gasteiger charge is 2.25. The van der Waals surface area contributed by atoms with Crippen LogP contribution in [-0.4, -0.2) is 73.3 Å². The number of ether oxygens (including phenoxy) is 1. The average Bonchev–Trinajstić information content (AvgIpc) is 2.75. The second-order valence-corrected chi connectivity index (χ2v) is 7.18. The molecule has 7 nitrogen and oxygen atoms in total. The second-order valence-electron chi connectivity index (χ2n) is 7.18. The summed E-state index contributed by atoms with van der Waals surface area (Å²) >= 11 is 0. The van der Waals surface area contributed by atoms with Crippen molar-refractivity contribution in [2.45, 2.75) is 6.92 Å². The molecule has 0 atom stereocenters. The fourth-order valence-electron chi connectivity index (χ4n) is 3.55. The molecule has 0 unspecified atom stereocenters. The molecule has 2 aromatic rings. The zero-order valence-electron chi connectivity index (χ0n) is 16.3. The predicted octanol–water partition coefficient (Wildman–Crippen LogP) is 1.86. The largest absolute Gasteiger partial charge is 0.378 e. The Morgan fingerprint density at radius 3 is 2.34 bits per heavy atom. The maximum atomic E-state index is 13.4. The number of anilines is 2. The zero-order valence-corrected chi connectivity index (χ0v) is 16.3. The van der Waals surface area contributed by atoms with Gasteiger partial charge in [0.15, 0.2) is 11.6 Å². The summed E-state index contributed by atoms with van der Waals surface area (Å²) in [7, 11) is 0. The molecular weight excluding hydrogens is 380 g/mol. The molecule has 0 N–H and O–H groups in total. The molecule has 2 saturated heterocycles. The van der Waals surface area contributed by atoms with Crippen molar-refractivity contribution in [3.8, 4) is 0 Å².